The molecule has 3 aromatic rings. The van der Waals surface area contributed by atoms with Crippen molar-refractivity contribution in [3.05, 3.63) is 69.8 Å². The van der Waals surface area contributed by atoms with Crippen molar-refractivity contribution in [2.45, 2.75) is 45.2 Å². The number of pyridine rings is 1. The van der Waals surface area contributed by atoms with E-state index in [1.54, 1.807) is 0 Å². The topological polar surface area (TPSA) is 44.8 Å². The average molecular weight is 379 g/mol. The van der Waals surface area contributed by atoms with E-state index >= 15 is 0 Å². The highest BCUT2D eigenvalue weighted by atomic mass is 35.5. The standard InChI is InChI=1S/C22H23ClN4/c1-14-10-16-11-17(7-6-15(16)12-24-14)27-9-8-20-21(13-27)26-22(25-20)18-4-2-3-5-19(18)23/h2-5,10,12,17H,6-9,11,13H2,1H3,(H,25,26). The highest BCUT2D eigenvalue weighted by Crippen LogP contribution is 2.31. The molecular weight excluding hydrogens is 356 g/mol. The van der Waals surface area contributed by atoms with Crippen molar-refractivity contribution in [2.75, 3.05) is 6.54 Å². The van der Waals surface area contributed by atoms with E-state index in [9.17, 15) is 0 Å². The van der Waals surface area contributed by atoms with Gasteiger partial charge in [0.15, 0.2) is 0 Å². The number of fused-ring (bicyclic) bond motifs is 2. The molecule has 5 rings (SSSR count). The lowest BCUT2D eigenvalue weighted by atomic mass is 9.87. The smallest absolute Gasteiger partial charge is 0.139 e. The first-order valence-corrected chi connectivity index (χ1v) is 10.1. The van der Waals surface area contributed by atoms with E-state index in [2.05, 4.69) is 34.1 Å². The normalized spacial score (nSPS) is 19.6. The molecule has 1 unspecified atom stereocenters. The zero-order valence-corrected chi connectivity index (χ0v) is 16.3. The van der Waals surface area contributed by atoms with Crippen LogP contribution in [0.3, 0.4) is 0 Å². The molecule has 4 nitrogen and oxygen atoms in total. The lowest BCUT2D eigenvalue weighted by molar-refractivity contribution is 0.160. The number of aromatic nitrogens is 3. The summed E-state index contributed by atoms with van der Waals surface area (Å²) >= 11 is 6.36. The molecule has 0 saturated carbocycles. The first-order valence-electron chi connectivity index (χ1n) is 9.68. The molecule has 1 N–H and O–H groups in total. The molecule has 0 bridgehead atoms. The number of nitrogens with one attached hydrogen (secondary N) is 1. The molecule has 2 aromatic heterocycles. The average Bonchev–Trinajstić information content (AvgIpc) is 3.10. The van der Waals surface area contributed by atoms with E-state index in [0.29, 0.717) is 6.04 Å². The first kappa shape index (κ1) is 17.0. The van der Waals surface area contributed by atoms with E-state index in [4.69, 9.17) is 16.6 Å². The Labute approximate surface area is 164 Å². The van der Waals surface area contributed by atoms with Gasteiger partial charge in [0.25, 0.3) is 0 Å². The fourth-order valence-corrected chi connectivity index (χ4v) is 4.68. The summed E-state index contributed by atoms with van der Waals surface area (Å²) in [7, 11) is 0. The lowest BCUT2D eigenvalue weighted by Gasteiger charge is -2.37. The molecule has 3 heterocycles. The minimum Gasteiger partial charge on any atom is -0.340 e. The molecule has 0 saturated heterocycles. The zero-order valence-electron chi connectivity index (χ0n) is 15.5. The summed E-state index contributed by atoms with van der Waals surface area (Å²) in [5.41, 5.74) is 7.44. The Morgan fingerprint density at radius 1 is 1.19 bits per heavy atom. The molecule has 27 heavy (non-hydrogen) atoms. The maximum absolute atomic E-state index is 6.36. The van der Waals surface area contributed by atoms with Gasteiger partial charge in [0.2, 0.25) is 0 Å². The zero-order chi connectivity index (χ0) is 18.4. The second-order valence-corrected chi connectivity index (χ2v) is 8.11. The molecule has 1 atom stereocenters. The number of halogens is 1. The Morgan fingerprint density at radius 3 is 2.96 bits per heavy atom. The van der Waals surface area contributed by atoms with Crippen molar-refractivity contribution in [1.82, 2.24) is 19.9 Å². The Bertz CT molecular complexity index is 994. The third-order valence-electron chi connectivity index (χ3n) is 5.93. The first-order chi connectivity index (χ1) is 13.2. The van der Waals surface area contributed by atoms with Crippen molar-refractivity contribution in [3.63, 3.8) is 0 Å². The van der Waals surface area contributed by atoms with Crippen LogP contribution in [0.15, 0.2) is 36.5 Å². The molecule has 1 aliphatic heterocycles. The summed E-state index contributed by atoms with van der Waals surface area (Å²) in [5, 5.41) is 0.744. The van der Waals surface area contributed by atoms with Crippen LogP contribution in [0.25, 0.3) is 11.4 Å². The largest absolute Gasteiger partial charge is 0.340 e. The number of hydrogen-bond acceptors (Lipinski definition) is 3. The number of rotatable bonds is 2. The van der Waals surface area contributed by atoms with E-state index in [-0.39, 0.29) is 0 Å². The van der Waals surface area contributed by atoms with Gasteiger partial charge in [0.05, 0.1) is 16.4 Å². The summed E-state index contributed by atoms with van der Waals surface area (Å²) in [4.78, 5) is 15.5. The van der Waals surface area contributed by atoms with Crippen LogP contribution in [0.5, 0.6) is 0 Å². The molecule has 0 radical (unpaired) electrons. The summed E-state index contributed by atoms with van der Waals surface area (Å²) in [6, 6.07) is 10.8. The highest BCUT2D eigenvalue weighted by Gasteiger charge is 2.29. The van der Waals surface area contributed by atoms with E-state index < -0.39 is 0 Å². The molecule has 0 spiro atoms. The van der Waals surface area contributed by atoms with Gasteiger partial charge in [-0.2, -0.15) is 0 Å². The van der Waals surface area contributed by atoms with E-state index in [0.717, 1.165) is 54.5 Å². The van der Waals surface area contributed by atoms with Gasteiger partial charge in [0.1, 0.15) is 5.82 Å². The second kappa shape index (κ2) is 6.77. The van der Waals surface area contributed by atoms with Crippen LogP contribution >= 0.6 is 11.6 Å². The Balaban J connectivity index is 1.37. The number of aromatic amines is 1. The van der Waals surface area contributed by atoms with Gasteiger partial charge in [0, 0.05) is 43.0 Å². The van der Waals surface area contributed by atoms with E-state index in [1.807, 2.05) is 24.3 Å². The van der Waals surface area contributed by atoms with Gasteiger partial charge < -0.3 is 4.98 Å². The van der Waals surface area contributed by atoms with Crippen LogP contribution in [0, 0.1) is 6.92 Å². The maximum Gasteiger partial charge on any atom is 0.139 e. The fraction of sp³-hybridized carbons (Fsp3) is 0.364. The quantitative estimate of drug-likeness (QED) is 0.721. The number of aryl methyl sites for hydroxylation is 2. The van der Waals surface area contributed by atoms with Gasteiger partial charge >= 0.3 is 0 Å². The minimum absolute atomic E-state index is 0.597. The molecule has 2 aliphatic rings. The van der Waals surface area contributed by atoms with Crippen LogP contribution in [0.1, 0.15) is 34.6 Å². The Hall–Kier alpha value is -2.17. The number of benzene rings is 1. The summed E-state index contributed by atoms with van der Waals surface area (Å²) in [6.45, 7) is 4.10. The Morgan fingerprint density at radius 2 is 2.07 bits per heavy atom. The Kier molecular flexibility index (Phi) is 4.25. The van der Waals surface area contributed by atoms with Crippen LogP contribution < -0.4 is 0 Å². The predicted molar refractivity (Wildman–Crippen MR) is 108 cm³/mol. The molecule has 0 fully saturated rings. The molecular formula is C22H23ClN4. The second-order valence-electron chi connectivity index (χ2n) is 7.70. The molecule has 5 heteroatoms. The SMILES string of the molecule is Cc1cc2c(cn1)CCC(N1CCc3nc(-c4ccccc4Cl)[nH]c3C1)C2. The number of H-pyrrole nitrogens is 1. The van der Waals surface area contributed by atoms with Crippen LogP contribution in [-0.2, 0) is 25.8 Å². The number of nitrogens with zero attached hydrogens (tertiary/aromatic N) is 3. The summed E-state index contributed by atoms with van der Waals surface area (Å²) in [5.74, 6) is 0.892. The monoisotopic (exact) mass is 378 g/mol. The van der Waals surface area contributed by atoms with Gasteiger partial charge in [-0.3, -0.25) is 9.88 Å². The highest BCUT2D eigenvalue weighted by molar-refractivity contribution is 6.33. The minimum atomic E-state index is 0.597. The molecule has 1 aliphatic carbocycles. The van der Waals surface area contributed by atoms with Crippen molar-refractivity contribution in [3.8, 4) is 11.4 Å². The molecule has 0 amide bonds. The third-order valence-corrected chi connectivity index (χ3v) is 6.26. The van der Waals surface area contributed by atoms with Gasteiger partial charge in [-0.05, 0) is 55.5 Å². The molecule has 138 valence electrons. The van der Waals surface area contributed by atoms with Gasteiger partial charge in [-0.25, -0.2) is 4.98 Å². The van der Waals surface area contributed by atoms with Crippen LogP contribution in [-0.4, -0.2) is 32.4 Å². The van der Waals surface area contributed by atoms with Crippen LogP contribution in [0.4, 0.5) is 0 Å². The van der Waals surface area contributed by atoms with Gasteiger partial charge in [-0.15, -0.1) is 0 Å². The van der Waals surface area contributed by atoms with Crippen molar-refractivity contribution in [2.24, 2.45) is 0 Å². The van der Waals surface area contributed by atoms with Crippen LogP contribution in [0.2, 0.25) is 5.02 Å². The lowest BCUT2D eigenvalue weighted by Crippen LogP contribution is -2.42. The maximum atomic E-state index is 6.36. The summed E-state index contributed by atoms with van der Waals surface area (Å²) < 4.78 is 0. The third kappa shape index (κ3) is 3.17. The van der Waals surface area contributed by atoms with Gasteiger partial charge in [-0.1, -0.05) is 23.7 Å². The van der Waals surface area contributed by atoms with Crippen molar-refractivity contribution < 1.29 is 0 Å². The van der Waals surface area contributed by atoms with Crippen molar-refractivity contribution in [1.29, 1.82) is 0 Å². The summed E-state index contributed by atoms with van der Waals surface area (Å²) in [6.07, 6.45) is 6.53. The predicted octanol–water partition coefficient (Wildman–Crippen LogP) is 4.35. The fourth-order valence-electron chi connectivity index (χ4n) is 4.46. The van der Waals surface area contributed by atoms with Crippen molar-refractivity contribution >= 4 is 11.6 Å². The number of imidazole rings is 1. The van der Waals surface area contributed by atoms with E-state index in [1.165, 1.54) is 28.9 Å². The number of hydrogen-bond donors (Lipinski definition) is 1. The molecule has 1 aromatic carbocycles.